The number of aromatic nitrogens is 2. The Kier molecular flexibility index (Phi) is 4.73. The van der Waals surface area contributed by atoms with Gasteiger partial charge in [0.2, 0.25) is 0 Å². The third-order valence-corrected chi connectivity index (χ3v) is 3.28. The van der Waals surface area contributed by atoms with Crippen molar-refractivity contribution in [3.63, 3.8) is 0 Å². The second-order valence-electron chi connectivity index (χ2n) is 3.10. The van der Waals surface area contributed by atoms with E-state index in [0.717, 1.165) is 6.42 Å². The zero-order chi connectivity index (χ0) is 11.1. The zero-order valence-corrected chi connectivity index (χ0v) is 9.13. The highest BCUT2D eigenvalue weighted by atomic mass is 32.2. The summed E-state index contributed by atoms with van der Waals surface area (Å²) in [6, 6.07) is 0. The van der Waals surface area contributed by atoms with Crippen LogP contribution in [0.5, 0.6) is 0 Å². The Labute approximate surface area is 88.8 Å². The fraction of sp³-hybridized carbons (Fsp3) is 0.625. The standard InChI is InChI=1S/C8H15N3O3S/c12-5-3-1-2-4-11-15(13,14)8-6-9-7-10-8/h6-7,11-12H,1-5H2,(H,9,10). The van der Waals surface area contributed by atoms with Crippen LogP contribution in [-0.4, -0.2) is 36.6 Å². The van der Waals surface area contributed by atoms with E-state index in [2.05, 4.69) is 14.7 Å². The van der Waals surface area contributed by atoms with E-state index in [9.17, 15) is 8.42 Å². The fourth-order valence-electron chi connectivity index (χ4n) is 1.09. The van der Waals surface area contributed by atoms with Gasteiger partial charge in [-0.2, -0.15) is 0 Å². The molecule has 0 aliphatic carbocycles. The van der Waals surface area contributed by atoms with Gasteiger partial charge in [0, 0.05) is 13.2 Å². The molecule has 0 spiro atoms. The first-order valence-electron chi connectivity index (χ1n) is 4.76. The molecule has 1 aromatic heterocycles. The van der Waals surface area contributed by atoms with Gasteiger partial charge in [-0.1, -0.05) is 0 Å². The summed E-state index contributed by atoms with van der Waals surface area (Å²) in [4.78, 5) is 6.17. The van der Waals surface area contributed by atoms with Crippen molar-refractivity contribution in [3.05, 3.63) is 12.5 Å². The lowest BCUT2D eigenvalue weighted by molar-refractivity contribution is 0.283. The molecular weight excluding hydrogens is 218 g/mol. The molecule has 0 aliphatic heterocycles. The SMILES string of the molecule is O=S(=O)(NCCCCCO)c1cnc[nH]1. The molecule has 1 heterocycles. The van der Waals surface area contributed by atoms with Crippen molar-refractivity contribution in [2.45, 2.75) is 24.3 Å². The van der Waals surface area contributed by atoms with E-state index < -0.39 is 10.0 Å². The van der Waals surface area contributed by atoms with Gasteiger partial charge in [-0.05, 0) is 19.3 Å². The highest BCUT2D eigenvalue weighted by Gasteiger charge is 2.13. The number of hydrogen-bond donors (Lipinski definition) is 3. The van der Waals surface area contributed by atoms with Crippen LogP contribution < -0.4 is 4.72 Å². The Bertz CT molecular complexity index is 360. The summed E-state index contributed by atoms with van der Waals surface area (Å²) in [6.45, 7) is 0.522. The lowest BCUT2D eigenvalue weighted by atomic mass is 10.2. The number of H-pyrrole nitrogens is 1. The first-order chi connectivity index (χ1) is 7.17. The van der Waals surface area contributed by atoms with E-state index in [1.165, 1.54) is 12.5 Å². The van der Waals surface area contributed by atoms with Gasteiger partial charge in [0.25, 0.3) is 10.0 Å². The third-order valence-electron chi connectivity index (χ3n) is 1.89. The van der Waals surface area contributed by atoms with Crippen LogP contribution in [0.2, 0.25) is 0 Å². The van der Waals surface area contributed by atoms with Gasteiger partial charge in [0.05, 0.1) is 12.5 Å². The number of sulfonamides is 1. The molecule has 0 aromatic carbocycles. The number of nitrogens with one attached hydrogen (secondary N) is 2. The lowest BCUT2D eigenvalue weighted by Crippen LogP contribution is -2.25. The van der Waals surface area contributed by atoms with Gasteiger partial charge in [-0.15, -0.1) is 0 Å². The van der Waals surface area contributed by atoms with Gasteiger partial charge in [-0.3, -0.25) is 0 Å². The van der Waals surface area contributed by atoms with Crippen LogP contribution in [0.3, 0.4) is 0 Å². The van der Waals surface area contributed by atoms with Crippen molar-refractivity contribution >= 4 is 10.0 Å². The lowest BCUT2D eigenvalue weighted by Gasteiger charge is -2.03. The molecule has 0 aliphatic rings. The average Bonchev–Trinajstić information content (AvgIpc) is 2.70. The molecule has 86 valence electrons. The van der Waals surface area contributed by atoms with Crippen LogP contribution in [0.1, 0.15) is 19.3 Å². The Hall–Kier alpha value is -0.920. The molecule has 6 nitrogen and oxygen atoms in total. The summed E-state index contributed by atoms with van der Waals surface area (Å²) in [7, 11) is -3.43. The van der Waals surface area contributed by atoms with Crippen molar-refractivity contribution < 1.29 is 13.5 Å². The molecule has 7 heteroatoms. The van der Waals surface area contributed by atoms with E-state index in [0.29, 0.717) is 19.4 Å². The van der Waals surface area contributed by atoms with E-state index >= 15 is 0 Å². The highest BCUT2D eigenvalue weighted by molar-refractivity contribution is 7.89. The first kappa shape index (κ1) is 12.2. The van der Waals surface area contributed by atoms with Crippen LogP contribution in [0, 0.1) is 0 Å². The van der Waals surface area contributed by atoms with Gasteiger partial charge in [0.1, 0.15) is 0 Å². The summed E-state index contributed by atoms with van der Waals surface area (Å²) >= 11 is 0. The predicted octanol–water partition coefficient (Wildman–Crippen LogP) is -0.149. The minimum absolute atomic E-state index is 0.0738. The maximum atomic E-state index is 11.5. The van der Waals surface area contributed by atoms with Gasteiger partial charge in [0.15, 0.2) is 5.03 Å². The molecule has 0 bridgehead atoms. The molecule has 0 atom stereocenters. The number of aliphatic hydroxyl groups is 1. The summed E-state index contributed by atoms with van der Waals surface area (Å²) in [5.74, 6) is 0. The number of aromatic amines is 1. The minimum atomic E-state index is -3.43. The second-order valence-corrected chi connectivity index (χ2v) is 4.83. The zero-order valence-electron chi connectivity index (χ0n) is 8.31. The number of hydrogen-bond acceptors (Lipinski definition) is 4. The summed E-state index contributed by atoms with van der Waals surface area (Å²) < 4.78 is 25.4. The van der Waals surface area contributed by atoms with Crippen molar-refractivity contribution in [3.8, 4) is 0 Å². The summed E-state index contributed by atoms with van der Waals surface area (Å²) in [5.41, 5.74) is 0. The molecule has 15 heavy (non-hydrogen) atoms. The Balaban J connectivity index is 2.32. The molecule has 3 N–H and O–H groups in total. The van der Waals surface area contributed by atoms with Crippen LogP contribution in [-0.2, 0) is 10.0 Å². The van der Waals surface area contributed by atoms with E-state index in [1.807, 2.05) is 0 Å². The van der Waals surface area contributed by atoms with Gasteiger partial charge >= 0.3 is 0 Å². The molecule has 1 aromatic rings. The second kappa shape index (κ2) is 5.84. The number of aliphatic hydroxyl groups excluding tert-OH is 1. The van der Waals surface area contributed by atoms with Gasteiger partial charge in [-0.25, -0.2) is 18.1 Å². The topological polar surface area (TPSA) is 95.1 Å². The molecule has 0 radical (unpaired) electrons. The monoisotopic (exact) mass is 233 g/mol. The van der Waals surface area contributed by atoms with E-state index in [-0.39, 0.29) is 11.6 Å². The molecule has 0 unspecified atom stereocenters. The minimum Gasteiger partial charge on any atom is -0.396 e. The van der Waals surface area contributed by atoms with Crippen molar-refractivity contribution in [2.24, 2.45) is 0 Å². The summed E-state index contributed by atoms with van der Waals surface area (Å²) in [6.07, 6.45) is 4.80. The van der Waals surface area contributed by atoms with Crippen LogP contribution in [0.4, 0.5) is 0 Å². The van der Waals surface area contributed by atoms with Crippen LogP contribution >= 0.6 is 0 Å². The van der Waals surface area contributed by atoms with Gasteiger partial charge < -0.3 is 10.1 Å². The Morgan fingerprint density at radius 2 is 2.20 bits per heavy atom. The smallest absolute Gasteiger partial charge is 0.257 e. The van der Waals surface area contributed by atoms with Crippen molar-refractivity contribution in [2.75, 3.05) is 13.2 Å². The average molecular weight is 233 g/mol. The molecule has 0 saturated heterocycles. The molecule has 0 fully saturated rings. The third kappa shape index (κ3) is 3.98. The number of unbranched alkanes of at least 4 members (excludes halogenated alkanes) is 2. The number of rotatable bonds is 7. The first-order valence-corrected chi connectivity index (χ1v) is 6.24. The number of imidazole rings is 1. The predicted molar refractivity (Wildman–Crippen MR) is 54.7 cm³/mol. The van der Waals surface area contributed by atoms with Crippen LogP contribution in [0.15, 0.2) is 17.6 Å². The Morgan fingerprint density at radius 1 is 1.40 bits per heavy atom. The maximum Gasteiger partial charge on any atom is 0.257 e. The normalized spacial score (nSPS) is 11.8. The molecule has 1 rings (SSSR count). The fourth-order valence-corrected chi connectivity index (χ4v) is 2.06. The van der Waals surface area contributed by atoms with Crippen molar-refractivity contribution in [1.82, 2.24) is 14.7 Å². The van der Waals surface area contributed by atoms with E-state index in [1.54, 1.807) is 0 Å². The van der Waals surface area contributed by atoms with Crippen molar-refractivity contribution in [1.29, 1.82) is 0 Å². The summed E-state index contributed by atoms with van der Waals surface area (Å²) in [5, 5.41) is 8.60. The molecule has 0 amide bonds. The number of nitrogens with zero attached hydrogens (tertiary/aromatic N) is 1. The van der Waals surface area contributed by atoms with Crippen LogP contribution in [0.25, 0.3) is 0 Å². The maximum absolute atomic E-state index is 11.5. The van der Waals surface area contributed by atoms with E-state index in [4.69, 9.17) is 5.11 Å². The molecular formula is C8H15N3O3S. The molecule has 0 saturated carbocycles. The quantitative estimate of drug-likeness (QED) is 0.571. The Morgan fingerprint density at radius 3 is 2.80 bits per heavy atom. The highest BCUT2D eigenvalue weighted by Crippen LogP contribution is 2.02. The largest absolute Gasteiger partial charge is 0.396 e.